The van der Waals surface area contributed by atoms with Crippen molar-refractivity contribution in [1.82, 2.24) is 10.1 Å². The molecule has 0 saturated carbocycles. The third-order valence-corrected chi connectivity index (χ3v) is 2.57. The van der Waals surface area contributed by atoms with Gasteiger partial charge in [0.05, 0.1) is 6.54 Å². The van der Waals surface area contributed by atoms with Crippen LogP contribution >= 0.6 is 0 Å². The Morgan fingerprint density at radius 3 is 2.21 bits per heavy atom. The molecule has 0 bridgehead atoms. The van der Waals surface area contributed by atoms with Crippen LogP contribution in [0.2, 0.25) is 0 Å². The minimum absolute atomic E-state index is 0.294. The van der Waals surface area contributed by atoms with Crippen LogP contribution in [0.4, 0.5) is 4.48 Å². The van der Waals surface area contributed by atoms with Gasteiger partial charge >= 0.3 is 0 Å². The smallest absolute Gasteiger partial charge is 0.0755 e. The summed E-state index contributed by atoms with van der Waals surface area (Å²) < 4.78 is 12.8. The highest BCUT2D eigenvalue weighted by Gasteiger charge is 2.07. The zero-order chi connectivity index (χ0) is 13.3. The van der Waals surface area contributed by atoms with Gasteiger partial charge in [0, 0.05) is 18.6 Å². The SMILES string of the molecule is FN1C=CC=C(c2cccnc2)C1.c1ccccc1. The second-order valence-electron chi connectivity index (χ2n) is 3.99. The summed E-state index contributed by atoms with van der Waals surface area (Å²) in [6.07, 6.45) is 8.42. The molecule has 19 heavy (non-hydrogen) atoms. The summed E-state index contributed by atoms with van der Waals surface area (Å²) >= 11 is 0. The average molecular weight is 254 g/mol. The molecule has 3 rings (SSSR count). The number of allylic oxidation sites excluding steroid dienone is 2. The van der Waals surface area contributed by atoms with E-state index >= 15 is 0 Å². The minimum atomic E-state index is 0.294. The van der Waals surface area contributed by atoms with E-state index in [9.17, 15) is 4.48 Å². The Hall–Kier alpha value is -2.42. The predicted octanol–water partition coefficient (Wildman–Crippen LogP) is 3.87. The van der Waals surface area contributed by atoms with Crippen LogP contribution in [0.5, 0.6) is 0 Å². The van der Waals surface area contributed by atoms with E-state index in [1.807, 2.05) is 54.6 Å². The first kappa shape index (κ1) is 13.0. The van der Waals surface area contributed by atoms with Crippen molar-refractivity contribution in [1.29, 1.82) is 0 Å². The molecule has 0 unspecified atom stereocenters. The number of hydrogen-bond donors (Lipinski definition) is 0. The van der Waals surface area contributed by atoms with Gasteiger partial charge in [-0.2, -0.15) is 0 Å². The highest BCUT2D eigenvalue weighted by Crippen LogP contribution is 2.18. The lowest BCUT2D eigenvalue weighted by atomic mass is 10.1. The van der Waals surface area contributed by atoms with Crippen molar-refractivity contribution in [2.45, 2.75) is 0 Å². The summed E-state index contributed by atoms with van der Waals surface area (Å²) in [5, 5.41) is 0.655. The highest BCUT2D eigenvalue weighted by molar-refractivity contribution is 5.68. The maximum absolute atomic E-state index is 12.8. The van der Waals surface area contributed by atoms with Crippen LogP contribution in [-0.2, 0) is 0 Å². The van der Waals surface area contributed by atoms with Crippen molar-refractivity contribution in [2.24, 2.45) is 0 Å². The molecule has 0 fully saturated rings. The van der Waals surface area contributed by atoms with E-state index in [4.69, 9.17) is 0 Å². The van der Waals surface area contributed by atoms with Gasteiger partial charge in [0.1, 0.15) is 0 Å². The molecule has 0 radical (unpaired) electrons. The molecule has 0 saturated heterocycles. The Morgan fingerprint density at radius 2 is 1.68 bits per heavy atom. The first-order chi connectivity index (χ1) is 9.36. The van der Waals surface area contributed by atoms with Gasteiger partial charge in [0.25, 0.3) is 0 Å². The number of rotatable bonds is 1. The molecular weight excluding hydrogens is 239 g/mol. The van der Waals surface area contributed by atoms with Gasteiger partial charge in [0.15, 0.2) is 0 Å². The minimum Gasteiger partial charge on any atom is -0.264 e. The predicted molar refractivity (Wildman–Crippen MR) is 75.6 cm³/mol. The van der Waals surface area contributed by atoms with Gasteiger partial charge in [0.2, 0.25) is 0 Å². The zero-order valence-corrected chi connectivity index (χ0v) is 10.5. The molecule has 1 aliphatic rings. The van der Waals surface area contributed by atoms with Crippen LogP contribution in [0.3, 0.4) is 0 Å². The maximum Gasteiger partial charge on any atom is 0.0755 e. The standard InChI is InChI=1S/C10H9FN2.C6H6/c11-13-6-2-4-10(8-13)9-3-1-5-12-7-9;1-2-4-6-5-3-1/h1-7H,8H2;1-6H. The molecule has 0 N–H and O–H groups in total. The Labute approximate surface area is 112 Å². The van der Waals surface area contributed by atoms with Gasteiger partial charge < -0.3 is 0 Å². The van der Waals surface area contributed by atoms with Crippen molar-refractivity contribution < 1.29 is 4.48 Å². The second kappa shape index (κ2) is 7.11. The van der Waals surface area contributed by atoms with E-state index in [0.29, 0.717) is 11.7 Å². The van der Waals surface area contributed by atoms with E-state index in [2.05, 4.69) is 4.98 Å². The zero-order valence-electron chi connectivity index (χ0n) is 10.5. The van der Waals surface area contributed by atoms with Gasteiger partial charge in [-0.1, -0.05) is 48.5 Å². The molecule has 2 aromatic rings. The topological polar surface area (TPSA) is 16.1 Å². The normalized spacial score (nSPS) is 13.3. The summed E-state index contributed by atoms with van der Waals surface area (Å²) in [5.41, 5.74) is 1.91. The van der Waals surface area contributed by atoms with Crippen LogP contribution in [0.25, 0.3) is 5.57 Å². The fourth-order valence-electron chi connectivity index (χ4n) is 1.65. The Morgan fingerprint density at radius 1 is 1.00 bits per heavy atom. The number of pyridine rings is 1. The fraction of sp³-hybridized carbons (Fsp3) is 0.0625. The van der Waals surface area contributed by atoms with E-state index in [0.717, 1.165) is 11.1 Å². The summed E-state index contributed by atoms with van der Waals surface area (Å²) in [6.45, 7) is 0.294. The molecule has 2 heterocycles. The van der Waals surface area contributed by atoms with Crippen LogP contribution in [0, 0.1) is 0 Å². The lowest BCUT2D eigenvalue weighted by Crippen LogP contribution is -2.11. The van der Waals surface area contributed by atoms with Crippen LogP contribution in [-0.4, -0.2) is 16.7 Å². The number of nitrogens with zero attached hydrogens (tertiary/aromatic N) is 2. The molecule has 1 aromatic carbocycles. The van der Waals surface area contributed by atoms with E-state index < -0.39 is 0 Å². The molecule has 1 aliphatic heterocycles. The van der Waals surface area contributed by atoms with Crippen molar-refractivity contribution in [3.05, 3.63) is 84.8 Å². The lowest BCUT2D eigenvalue weighted by Gasteiger charge is -2.14. The highest BCUT2D eigenvalue weighted by atomic mass is 19.2. The number of benzene rings is 1. The summed E-state index contributed by atoms with van der Waals surface area (Å²) in [7, 11) is 0. The molecule has 2 nitrogen and oxygen atoms in total. The Bertz CT molecular complexity index is 508. The molecule has 0 aliphatic carbocycles. The summed E-state index contributed by atoms with van der Waals surface area (Å²) in [6, 6.07) is 15.8. The third-order valence-electron chi connectivity index (χ3n) is 2.57. The van der Waals surface area contributed by atoms with Crippen LogP contribution in [0.15, 0.2) is 79.3 Å². The van der Waals surface area contributed by atoms with Crippen molar-refractivity contribution in [2.75, 3.05) is 6.54 Å². The first-order valence-electron chi connectivity index (χ1n) is 6.06. The maximum atomic E-state index is 12.8. The number of hydrogen-bond acceptors (Lipinski definition) is 2. The molecule has 0 amide bonds. The molecule has 0 spiro atoms. The molecule has 0 atom stereocenters. The van der Waals surface area contributed by atoms with Crippen molar-refractivity contribution in [3.8, 4) is 0 Å². The summed E-state index contributed by atoms with van der Waals surface area (Å²) in [5.74, 6) is 0. The average Bonchev–Trinajstić information content (AvgIpc) is 2.51. The molecule has 96 valence electrons. The largest absolute Gasteiger partial charge is 0.264 e. The Kier molecular flexibility index (Phi) is 4.87. The number of halogens is 1. The van der Waals surface area contributed by atoms with E-state index in [-0.39, 0.29) is 0 Å². The lowest BCUT2D eigenvalue weighted by molar-refractivity contribution is 0.108. The summed E-state index contributed by atoms with van der Waals surface area (Å²) in [4.78, 5) is 3.98. The number of aromatic nitrogens is 1. The van der Waals surface area contributed by atoms with Gasteiger partial charge in [-0.05, 0) is 23.3 Å². The van der Waals surface area contributed by atoms with Crippen LogP contribution in [0.1, 0.15) is 5.56 Å². The van der Waals surface area contributed by atoms with Crippen molar-refractivity contribution >= 4 is 5.57 Å². The monoisotopic (exact) mass is 254 g/mol. The van der Waals surface area contributed by atoms with Gasteiger partial charge in [-0.15, -0.1) is 4.48 Å². The molecule has 3 heteroatoms. The van der Waals surface area contributed by atoms with Gasteiger partial charge in [-0.3, -0.25) is 4.98 Å². The quantitative estimate of drug-likeness (QED) is 0.718. The van der Waals surface area contributed by atoms with Gasteiger partial charge in [-0.25, -0.2) is 5.12 Å². The molecule has 1 aromatic heterocycles. The fourth-order valence-corrected chi connectivity index (χ4v) is 1.65. The molecular formula is C16H15FN2. The third kappa shape index (κ3) is 4.39. The van der Waals surface area contributed by atoms with Crippen LogP contribution < -0.4 is 0 Å². The Balaban J connectivity index is 0.000000186. The van der Waals surface area contributed by atoms with E-state index in [1.54, 1.807) is 18.5 Å². The second-order valence-corrected chi connectivity index (χ2v) is 3.99. The van der Waals surface area contributed by atoms with Crippen molar-refractivity contribution in [3.63, 3.8) is 0 Å². The first-order valence-corrected chi connectivity index (χ1v) is 6.06. The van der Waals surface area contributed by atoms with E-state index in [1.165, 1.54) is 6.20 Å².